The van der Waals surface area contributed by atoms with Gasteiger partial charge in [0.1, 0.15) is 0 Å². The number of carboxylic acids is 1. The highest BCUT2D eigenvalue weighted by Gasteiger charge is 2.12. The Hall–Kier alpha value is -1.56. The van der Waals surface area contributed by atoms with E-state index in [2.05, 4.69) is 21.2 Å². The van der Waals surface area contributed by atoms with Crippen LogP contribution in [0.15, 0.2) is 22.7 Å². The zero-order valence-electron chi connectivity index (χ0n) is 11.8. The molecular formula is C14H19BrN2O3. The van der Waals surface area contributed by atoms with Gasteiger partial charge < -0.3 is 15.3 Å². The van der Waals surface area contributed by atoms with Crippen LogP contribution in [0, 0.1) is 5.92 Å². The van der Waals surface area contributed by atoms with Gasteiger partial charge in [-0.2, -0.15) is 0 Å². The van der Waals surface area contributed by atoms with E-state index in [-0.39, 0.29) is 18.0 Å². The SMILES string of the molecule is CC(C)CNC(=O)CN(C)c1ccc(C(=O)O)cc1Br. The van der Waals surface area contributed by atoms with Crippen LogP contribution in [0.3, 0.4) is 0 Å². The molecule has 0 heterocycles. The predicted molar refractivity (Wildman–Crippen MR) is 82.2 cm³/mol. The third kappa shape index (κ3) is 4.85. The van der Waals surface area contributed by atoms with Crippen LogP contribution >= 0.6 is 15.9 Å². The molecule has 110 valence electrons. The van der Waals surface area contributed by atoms with Crippen molar-refractivity contribution in [3.63, 3.8) is 0 Å². The molecule has 0 atom stereocenters. The summed E-state index contributed by atoms with van der Waals surface area (Å²) in [6.45, 7) is 4.93. The van der Waals surface area contributed by atoms with Gasteiger partial charge in [0, 0.05) is 18.1 Å². The number of hydrogen-bond acceptors (Lipinski definition) is 3. The van der Waals surface area contributed by atoms with E-state index in [1.54, 1.807) is 18.0 Å². The number of benzene rings is 1. The average molecular weight is 343 g/mol. The summed E-state index contributed by atoms with van der Waals surface area (Å²) >= 11 is 3.33. The number of anilines is 1. The predicted octanol–water partition coefficient (Wildman–Crippen LogP) is 2.36. The summed E-state index contributed by atoms with van der Waals surface area (Å²) in [5.41, 5.74) is 0.980. The maximum Gasteiger partial charge on any atom is 0.335 e. The molecule has 0 unspecified atom stereocenters. The Labute approximate surface area is 127 Å². The molecule has 0 spiro atoms. The largest absolute Gasteiger partial charge is 0.478 e. The van der Waals surface area contributed by atoms with Crippen LogP contribution in [-0.4, -0.2) is 37.1 Å². The summed E-state index contributed by atoms with van der Waals surface area (Å²) in [4.78, 5) is 24.4. The van der Waals surface area contributed by atoms with Gasteiger partial charge in [-0.3, -0.25) is 4.79 Å². The van der Waals surface area contributed by atoms with Gasteiger partial charge in [0.25, 0.3) is 0 Å². The molecule has 0 fully saturated rings. The molecule has 0 saturated heterocycles. The van der Waals surface area contributed by atoms with Crippen LogP contribution in [0.1, 0.15) is 24.2 Å². The molecule has 0 bridgehead atoms. The Morgan fingerprint density at radius 3 is 2.55 bits per heavy atom. The Morgan fingerprint density at radius 2 is 2.05 bits per heavy atom. The molecule has 0 aliphatic carbocycles. The number of carbonyl (C=O) groups is 2. The van der Waals surface area contributed by atoms with E-state index in [9.17, 15) is 9.59 Å². The first kappa shape index (κ1) is 16.5. The van der Waals surface area contributed by atoms with Crippen molar-refractivity contribution in [1.82, 2.24) is 5.32 Å². The second-order valence-electron chi connectivity index (χ2n) is 5.03. The van der Waals surface area contributed by atoms with Crippen LogP contribution < -0.4 is 10.2 Å². The maximum absolute atomic E-state index is 11.8. The van der Waals surface area contributed by atoms with Gasteiger partial charge in [-0.25, -0.2) is 4.79 Å². The number of amides is 1. The molecule has 1 aromatic carbocycles. The van der Waals surface area contributed by atoms with E-state index in [0.29, 0.717) is 16.9 Å². The van der Waals surface area contributed by atoms with Gasteiger partial charge in [-0.1, -0.05) is 13.8 Å². The lowest BCUT2D eigenvalue weighted by atomic mass is 10.2. The summed E-state index contributed by atoms with van der Waals surface area (Å²) < 4.78 is 0.650. The Balaban J connectivity index is 2.70. The van der Waals surface area contributed by atoms with Gasteiger partial charge in [-0.05, 0) is 40.0 Å². The molecule has 0 radical (unpaired) electrons. The molecule has 5 nitrogen and oxygen atoms in total. The molecule has 0 aromatic heterocycles. The Bertz CT molecular complexity index is 503. The van der Waals surface area contributed by atoms with Crippen LogP contribution in [0.5, 0.6) is 0 Å². The van der Waals surface area contributed by atoms with Crippen LogP contribution in [0.25, 0.3) is 0 Å². The zero-order chi connectivity index (χ0) is 15.3. The lowest BCUT2D eigenvalue weighted by Gasteiger charge is -2.20. The van der Waals surface area contributed by atoms with Crippen LogP contribution in [0.4, 0.5) is 5.69 Å². The van der Waals surface area contributed by atoms with E-state index in [1.165, 1.54) is 12.1 Å². The summed E-state index contributed by atoms with van der Waals surface area (Å²) in [7, 11) is 1.79. The molecule has 6 heteroatoms. The maximum atomic E-state index is 11.8. The van der Waals surface area contributed by atoms with Crippen molar-refractivity contribution in [3.8, 4) is 0 Å². The number of likely N-dealkylation sites (N-methyl/N-ethyl adjacent to an activating group) is 1. The van der Waals surface area contributed by atoms with Gasteiger partial charge in [0.15, 0.2) is 0 Å². The first-order chi connectivity index (χ1) is 9.31. The van der Waals surface area contributed by atoms with E-state index < -0.39 is 5.97 Å². The molecule has 1 amide bonds. The highest BCUT2D eigenvalue weighted by atomic mass is 79.9. The van der Waals surface area contributed by atoms with E-state index in [0.717, 1.165) is 5.69 Å². The second kappa shape index (κ2) is 7.28. The Morgan fingerprint density at radius 1 is 1.40 bits per heavy atom. The molecule has 0 aliphatic heterocycles. The summed E-state index contributed by atoms with van der Waals surface area (Å²) in [5, 5.41) is 11.7. The highest BCUT2D eigenvalue weighted by Crippen LogP contribution is 2.26. The molecular weight excluding hydrogens is 324 g/mol. The minimum atomic E-state index is -0.977. The quantitative estimate of drug-likeness (QED) is 0.832. The first-order valence-electron chi connectivity index (χ1n) is 6.32. The third-order valence-corrected chi connectivity index (χ3v) is 3.33. The lowest BCUT2D eigenvalue weighted by molar-refractivity contribution is -0.119. The smallest absolute Gasteiger partial charge is 0.335 e. The number of halogens is 1. The van der Waals surface area contributed by atoms with Crippen molar-refractivity contribution < 1.29 is 14.7 Å². The standard InChI is InChI=1S/C14H19BrN2O3/c1-9(2)7-16-13(18)8-17(3)12-5-4-10(14(19)20)6-11(12)15/h4-6,9H,7-8H2,1-3H3,(H,16,18)(H,19,20). The van der Waals surface area contributed by atoms with Crippen molar-refractivity contribution in [2.24, 2.45) is 5.92 Å². The topological polar surface area (TPSA) is 69.6 Å². The number of nitrogens with zero attached hydrogens (tertiary/aromatic N) is 1. The van der Waals surface area contributed by atoms with Gasteiger partial charge in [-0.15, -0.1) is 0 Å². The van der Waals surface area contributed by atoms with Gasteiger partial charge in [0.2, 0.25) is 5.91 Å². The number of rotatable bonds is 6. The zero-order valence-corrected chi connectivity index (χ0v) is 13.4. The average Bonchev–Trinajstić information content (AvgIpc) is 2.35. The number of carbonyl (C=O) groups excluding carboxylic acids is 1. The number of aromatic carboxylic acids is 1. The summed E-state index contributed by atoms with van der Waals surface area (Å²) in [6.07, 6.45) is 0. The van der Waals surface area contributed by atoms with Crippen molar-refractivity contribution >= 4 is 33.5 Å². The van der Waals surface area contributed by atoms with Gasteiger partial charge in [0.05, 0.1) is 17.8 Å². The fourth-order valence-corrected chi connectivity index (χ4v) is 2.31. The number of hydrogen-bond donors (Lipinski definition) is 2. The first-order valence-corrected chi connectivity index (χ1v) is 7.11. The van der Waals surface area contributed by atoms with Gasteiger partial charge >= 0.3 is 5.97 Å². The lowest BCUT2D eigenvalue weighted by Crippen LogP contribution is -2.37. The Kier molecular flexibility index (Phi) is 6.01. The van der Waals surface area contributed by atoms with Crippen molar-refractivity contribution in [1.29, 1.82) is 0 Å². The van der Waals surface area contributed by atoms with E-state index in [1.807, 2.05) is 13.8 Å². The second-order valence-corrected chi connectivity index (χ2v) is 5.88. The fraction of sp³-hybridized carbons (Fsp3) is 0.429. The van der Waals surface area contributed by atoms with Crippen LogP contribution in [-0.2, 0) is 4.79 Å². The molecule has 1 aromatic rings. The molecule has 20 heavy (non-hydrogen) atoms. The van der Waals surface area contributed by atoms with Crippen molar-refractivity contribution in [2.75, 3.05) is 25.0 Å². The van der Waals surface area contributed by atoms with Crippen molar-refractivity contribution in [3.05, 3.63) is 28.2 Å². The fourth-order valence-electron chi connectivity index (χ4n) is 1.62. The molecule has 2 N–H and O–H groups in total. The van der Waals surface area contributed by atoms with Crippen molar-refractivity contribution in [2.45, 2.75) is 13.8 Å². The summed E-state index contributed by atoms with van der Waals surface area (Å²) in [5.74, 6) is -0.629. The minimum Gasteiger partial charge on any atom is -0.478 e. The normalized spacial score (nSPS) is 10.4. The minimum absolute atomic E-state index is 0.0598. The third-order valence-electron chi connectivity index (χ3n) is 2.69. The summed E-state index contributed by atoms with van der Waals surface area (Å²) in [6, 6.07) is 4.73. The molecule has 0 saturated carbocycles. The number of nitrogens with one attached hydrogen (secondary N) is 1. The number of carboxylic acid groups (broad SMARTS) is 1. The van der Waals surface area contributed by atoms with E-state index in [4.69, 9.17) is 5.11 Å². The monoisotopic (exact) mass is 342 g/mol. The molecule has 0 aliphatic rings. The highest BCUT2D eigenvalue weighted by molar-refractivity contribution is 9.10. The van der Waals surface area contributed by atoms with E-state index >= 15 is 0 Å². The van der Waals surface area contributed by atoms with Crippen LogP contribution in [0.2, 0.25) is 0 Å². The molecule has 1 rings (SSSR count).